The van der Waals surface area contributed by atoms with E-state index in [2.05, 4.69) is 20.5 Å². The summed E-state index contributed by atoms with van der Waals surface area (Å²) in [6, 6.07) is 6.61. The number of hydrogen-bond acceptors (Lipinski definition) is 7. The first-order valence-electron chi connectivity index (χ1n) is 10.6. The van der Waals surface area contributed by atoms with Crippen molar-refractivity contribution in [2.24, 2.45) is 0 Å². The second-order valence-electron chi connectivity index (χ2n) is 7.71. The molecular formula is C22H29N5O5. The first-order chi connectivity index (χ1) is 15.4. The molecule has 0 radical (unpaired) electrons. The van der Waals surface area contributed by atoms with Crippen LogP contribution in [0.15, 0.2) is 24.3 Å². The summed E-state index contributed by atoms with van der Waals surface area (Å²) in [6.07, 6.45) is 0.780. The summed E-state index contributed by atoms with van der Waals surface area (Å²) in [4.78, 5) is 44.0. The van der Waals surface area contributed by atoms with E-state index in [1.807, 2.05) is 4.90 Å². The van der Waals surface area contributed by atoms with Crippen LogP contribution in [0.3, 0.4) is 0 Å². The zero-order valence-electron chi connectivity index (χ0n) is 18.4. The molecule has 0 saturated carbocycles. The van der Waals surface area contributed by atoms with Crippen molar-refractivity contribution in [1.29, 1.82) is 0 Å². The van der Waals surface area contributed by atoms with E-state index >= 15 is 0 Å². The van der Waals surface area contributed by atoms with Gasteiger partial charge in [-0.1, -0.05) is 0 Å². The minimum absolute atomic E-state index is 0.0125. The summed E-state index contributed by atoms with van der Waals surface area (Å²) in [5.74, 6) is -0.706. The van der Waals surface area contributed by atoms with Crippen molar-refractivity contribution in [1.82, 2.24) is 15.2 Å². The minimum Gasteiger partial charge on any atom is -0.478 e. The molecule has 10 heteroatoms. The number of carbonyl (C=O) groups excluding carboxylic acids is 2. The van der Waals surface area contributed by atoms with E-state index < -0.39 is 5.97 Å². The lowest BCUT2D eigenvalue weighted by molar-refractivity contribution is -0.122. The summed E-state index contributed by atoms with van der Waals surface area (Å²) in [6.45, 7) is 5.56. The van der Waals surface area contributed by atoms with Gasteiger partial charge in [0.05, 0.1) is 17.6 Å². The Morgan fingerprint density at radius 1 is 1.16 bits per heavy atom. The zero-order valence-corrected chi connectivity index (χ0v) is 18.4. The Labute approximate surface area is 186 Å². The van der Waals surface area contributed by atoms with Gasteiger partial charge in [0.1, 0.15) is 5.82 Å². The number of anilines is 2. The van der Waals surface area contributed by atoms with Gasteiger partial charge >= 0.3 is 5.97 Å². The van der Waals surface area contributed by atoms with Crippen LogP contribution in [-0.4, -0.2) is 85.8 Å². The van der Waals surface area contributed by atoms with Crippen LogP contribution in [0.5, 0.6) is 0 Å². The molecule has 1 aromatic heterocycles. The molecule has 2 heterocycles. The number of hydrogen-bond donors (Lipinski definition) is 3. The molecule has 2 aromatic rings. The van der Waals surface area contributed by atoms with E-state index in [4.69, 9.17) is 4.74 Å². The molecule has 3 N–H and O–H groups in total. The second-order valence-corrected chi connectivity index (χ2v) is 7.71. The molecule has 172 valence electrons. The number of methoxy groups -OCH3 is 1. The molecule has 0 spiro atoms. The van der Waals surface area contributed by atoms with Gasteiger partial charge in [-0.3, -0.25) is 14.5 Å². The molecule has 0 unspecified atom stereocenters. The van der Waals surface area contributed by atoms with Crippen LogP contribution in [0.4, 0.5) is 11.5 Å². The monoisotopic (exact) mass is 443 g/mol. The number of carboxylic acids is 1. The van der Waals surface area contributed by atoms with Crippen molar-refractivity contribution in [3.8, 4) is 0 Å². The number of piperazine rings is 1. The average molecular weight is 444 g/mol. The van der Waals surface area contributed by atoms with Crippen LogP contribution >= 0.6 is 0 Å². The maximum Gasteiger partial charge on any atom is 0.336 e. The number of aromatic carboxylic acids is 1. The molecule has 1 saturated heterocycles. The third-order valence-electron chi connectivity index (χ3n) is 5.26. The number of ether oxygens (including phenoxy) is 1. The zero-order chi connectivity index (χ0) is 23.1. The Kier molecular flexibility index (Phi) is 7.96. The van der Waals surface area contributed by atoms with Gasteiger partial charge in [0, 0.05) is 64.4 Å². The summed E-state index contributed by atoms with van der Waals surface area (Å²) >= 11 is 0. The normalized spacial score (nSPS) is 14.4. The SMILES string of the molecule is COCCCNC(=O)CN1CCN(c2cc(C(=O)O)c3cc(NC(C)=O)ccc3n2)CC1. The van der Waals surface area contributed by atoms with E-state index in [9.17, 15) is 19.5 Å². The summed E-state index contributed by atoms with van der Waals surface area (Å²) in [5, 5.41) is 15.8. The van der Waals surface area contributed by atoms with Crippen LogP contribution in [0.25, 0.3) is 10.9 Å². The van der Waals surface area contributed by atoms with Crippen LogP contribution in [0, 0.1) is 0 Å². The Morgan fingerprint density at radius 3 is 2.56 bits per heavy atom. The summed E-state index contributed by atoms with van der Waals surface area (Å²) in [7, 11) is 1.63. The number of rotatable bonds is 9. The smallest absolute Gasteiger partial charge is 0.336 e. The largest absolute Gasteiger partial charge is 0.478 e. The molecule has 0 aliphatic carbocycles. The van der Waals surface area contributed by atoms with Gasteiger partial charge in [0.15, 0.2) is 0 Å². The van der Waals surface area contributed by atoms with Gasteiger partial charge < -0.3 is 25.4 Å². The van der Waals surface area contributed by atoms with Gasteiger partial charge in [0.2, 0.25) is 11.8 Å². The highest BCUT2D eigenvalue weighted by atomic mass is 16.5. The topological polar surface area (TPSA) is 124 Å². The lowest BCUT2D eigenvalue weighted by Crippen LogP contribution is -2.49. The Morgan fingerprint density at radius 2 is 1.91 bits per heavy atom. The molecule has 1 aromatic carbocycles. The fourth-order valence-electron chi connectivity index (χ4n) is 3.67. The van der Waals surface area contributed by atoms with Gasteiger partial charge in [-0.2, -0.15) is 0 Å². The molecule has 2 amide bonds. The number of amides is 2. The molecule has 0 atom stereocenters. The predicted molar refractivity (Wildman–Crippen MR) is 121 cm³/mol. The lowest BCUT2D eigenvalue weighted by Gasteiger charge is -2.35. The van der Waals surface area contributed by atoms with Gasteiger partial charge in [-0.15, -0.1) is 0 Å². The fourth-order valence-corrected chi connectivity index (χ4v) is 3.67. The fraction of sp³-hybridized carbons (Fsp3) is 0.455. The highest BCUT2D eigenvalue weighted by molar-refractivity contribution is 6.05. The standard InChI is InChI=1S/C22H29N5O5/c1-15(28)24-16-4-5-19-17(12-16)18(22(30)31)13-20(25-19)27-9-7-26(8-10-27)14-21(29)23-6-3-11-32-2/h4-5,12-13H,3,6-11,14H2,1-2H3,(H,23,29)(H,24,28)(H,30,31). The molecule has 3 rings (SSSR count). The quantitative estimate of drug-likeness (QED) is 0.494. The van der Waals surface area contributed by atoms with Crippen LogP contribution in [0.2, 0.25) is 0 Å². The Balaban J connectivity index is 1.66. The van der Waals surface area contributed by atoms with Crippen molar-refractivity contribution in [3.05, 3.63) is 29.8 Å². The van der Waals surface area contributed by atoms with Crippen molar-refractivity contribution >= 4 is 40.2 Å². The number of carboxylic acid groups (broad SMARTS) is 1. The van der Waals surface area contributed by atoms with Crippen LogP contribution < -0.4 is 15.5 Å². The summed E-state index contributed by atoms with van der Waals surface area (Å²) in [5.41, 5.74) is 1.21. The Bertz CT molecular complexity index is 988. The number of nitrogens with one attached hydrogen (secondary N) is 2. The molecule has 1 fully saturated rings. The molecule has 10 nitrogen and oxygen atoms in total. The molecule has 1 aliphatic rings. The van der Waals surface area contributed by atoms with Crippen molar-refractivity contribution < 1.29 is 24.2 Å². The van der Waals surface area contributed by atoms with E-state index in [0.717, 1.165) is 6.42 Å². The average Bonchev–Trinajstić information content (AvgIpc) is 2.76. The second kappa shape index (κ2) is 10.9. The number of benzene rings is 1. The predicted octanol–water partition coefficient (Wildman–Crippen LogP) is 1.17. The molecule has 32 heavy (non-hydrogen) atoms. The maximum absolute atomic E-state index is 12.1. The Hall–Kier alpha value is -3.24. The third kappa shape index (κ3) is 6.14. The number of aromatic nitrogens is 1. The van der Waals surface area contributed by atoms with Gasteiger partial charge in [0.25, 0.3) is 0 Å². The number of carbonyl (C=O) groups is 3. The first-order valence-corrected chi connectivity index (χ1v) is 10.6. The maximum atomic E-state index is 12.1. The number of pyridine rings is 1. The van der Waals surface area contributed by atoms with E-state index in [0.29, 0.717) is 68.3 Å². The van der Waals surface area contributed by atoms with Gasteiger partial charge in [-0.25, -0.2) is 9.78 Å². The van der Waals surface area contributed by atoms with E-state index in [1.165, 1.54) is 6.92 Å². The van der Waals surface area contributed by atoms with Crippen molar-refractivity contribution in [3.63, 3.8) is 0 Å². The number of fused-ring (bicyclic) bond motifs is 1. The molecule has 0 bridgehead atoms. The van der Waals surface area contributed by atoms with E-state index in [1.54, 1.807) is 31.4 Å². The summed E-state index contributed by atoms with van der Waals surface area (Å²) < 4.78 is 4.97. The first kappa shape index (κ1) is 23.4. The number of nitrogens with zero attached hydrogens (tertiary/aromatic N) is 3. The highest BCUT2D eigenvalue weighted by Crippen LogP contribution is 2.26. The van der Waals surface area contributed by atoms with Gasteiger partial charge in [-0.05, 0) is 30.7 Å². The van der Waals surface area contributed by atoms with Crippen molar-refractivity contribution in [2.45, 2.75) is 13.3 Å². The highest BCUT2D eigenvalue weighted by Gasteiger charge is 2.22. The third-order valence-corrected chi connectivity index (χ3v) is 5.26. The van der Waals surface area contributed by atoms with Crippen LogP contribution in [-0.2, 0) is 14.3 Å². The molecular weight excluding hydrogens is 414 g/mol. The van der Waals surface area contributed by atoms with Crippen molar-refractivity contribution in [2.75, 3.05) is 63.2 Å². The minimum atomic E-state index is -1.05. The van der Waals surface area contributed by atoms with E-state index in [-0.39, 0.29) is 17.4 Å². The van der Waals surface area contributed by atoms with Crippen LogP contribution in [0.1, 0.15) is 23.7 Å². The lowest BCUT2D eigenvalue weighted by atomic mass is 10.1. The molecule has 1 aliphatic heterocycles.